The maximum atomic E-state index is 12.4. The van der Waals surface area contributed by atoms with E-state index in [4.69, 9.17) is 9.47 Å². The molecule has 0 aliphatic heterocycles. The number of ether oxygens (including phenoxy) is 2. The summed E-state index contributed by atoms with van der Waals surface area (Å²) in [6, 6.07) is 17.4. The van der Waals surface area contributed by atoms with Crippen molar-refractivity contribution in [3.05, 3.63) is 71.8 Å². The zero-order valence-electron chi connectivity index (χ0n) is 17.6. The molecule has 0 saturated carbocycles. The van der Waals surface area contributed by atoms with Gasteiger partial charge in [-0.1, -0.05) is 24.3 Å². The van der Waals surface area contributed by atoms with Gasteiger partial charge in [0, 0.05) is 0 Å². The normalized spacial score (nSPS) is 11.5. The van der Waals surface area contributed by atoms with Crippen molar-refractivity contribution in [2.24, 2.45) is 5.10 Å². The highest BCUT2D eigenvalue weighted by molar-refractivity contribution is 6.01. The summed E-state index contributed by atoms with van der Waals surface area (Å²) in [5.41, 5.74) is 2.70. The van der Waals surface area contributed by atoms with E-state index in [1.54, 1.807) is 57.2 Å². The minimum atomic E-state index is -0.561. The third-order valence-electron chi connectivity index (χ3n) is 4.15. The van der Waals surface area contributed by atoms with E-state index >= 15 is 0 Å². The number of fused-ring (bicyclic) bond motifs is 1. The second kappa shape index (κ2) is 9.30. The number of nitrogens with zero attached hydrogens (tertiary/aromatic N) is 1. The number of carbonyl (C=O) groups is 2. The van der Waals surface area contributed by atoms with Crippen LogP contribution in [0.5, 0.6) is 11.5 Å². The molecule has 0 saturated heterocycles. The quantitative estimate of drug-likeness (QED) is 0.356. The number of nitrogens with one attached hydrogen (secondary N) is 1. The van der Waals surface area contributed by atoms with Gasteiger partial charge in [-0.25, -0.2) is 10.2 Å². The van der Waals surface area contributed by atoms with Crippen LogP contribution < -0.4 is 10.2 Å². The number of rotatable bonds is 6. The maximum Gasteiger partial charge on any atom is 0.344 e. The Labute approximate surface area is 180 Å². The van der Waals surface area contributed by atoms with Crippen molar-refractivity contribution < 1.29 is 24.2 Å². The molecule has 0 bridgehead atoms. The lowest BCUT2D eigenvalue weighted by atomic mass is 10.1. The standard InChI is InChI=1S/C24H24N2O5/c1-24(2,3)31-22(28)15-30-19-10-8-16(9-11-19)14-25-26-23(29)20-12-17-6-4-5-7-18(17)13-21(20)27/h4-14,27H,15H2,1-3H3,(H,26,29). The van der Waals surface area contributed by atoms with Gasteiger partial charge in [-0.05, 0) is 73.5 Å². The summed E-state index contributed by atoms with van der Waals surface area (Å²) in [5.74, 6) is -0.569. The molecule has 0 fully saturated rings. The van der Waals surface area contributed by atoms with Crippen LogP contribution in [0.4, 0.5) is 0 Å². The van der Waals surface area contributed by atoms with Crippen molar-refractivity contribution in [2.75, 3.05) is 6.61 Å². The Morgan fingerprint density at radius 3 is 2.32 bits per heavy atom. The molecule has 0 aliphatic carbocycles. The molecule has 1 amide bonds. The van der Waals surface area contributed by atoms with Gasteiger partial charge in [-0.2, -0.15) is 5.10 Å². The number of amides is 1. The van der Waals surface area contributed by atoms with Crippen molar-refractivity contribution in [3.63, 3.8) is 0 Å². The third kappa shape index (κ3) is 6.30. The summed E-state index contributed by atoms with van der Waals surface area (Å²) in [7, 11) is 0. The fourth-order valence-corrected chi connectivity index (χ4v) is 2.80. The molecule has 0 atom stereocenters. The van der Waals surface area contributed by atoms with Crippen LogP contribution in [0.2, 0.25) is 0 Å². The molecule has 0 aromatic heterocycles. The lowest BCUT2D eigenvalue weighted by molar-refractivity contribution is -0.157. The molecule has 3 rings (SSSR count). The number of hydrazone groups is 1. The van der Waals surface area contributed by atoms with Gasteiger partial charge in [-0.3, -0.25) is 4.79 Å². The molecule has 3 aromatic rings. The maximum absolute atomic E-state index is 12.4. The number of hydrogen-bond donors (Lipinski definition) is 2. The van der Waals surface area contributed by atoms with Crippen molar-refractivity contribution in [1.29, 1.82) is 0 Å². The van der Waals surface area contributed by atoms with E-state index in [1.165, 1.54) is 6.21 Å². The number of phenols is 1. The topological polar surface area (TPSA) is 97.2 Å². The van der Waals surface area contributed by atoms with Crippen LogP contribution in [-0.2, 0) is 9.53 Å². The van der Waals surface area contributed by atoms with Crippen molar-refractivity contribution in [3.8, 4) is 11.5 Å². The SMILES string of the molecule is CC(C)(C)OC(=O)COc1ccc(C=NNC(=O)c2cc3ccccc3cc2O)cc1. The molecular weight excluding hydrogens is 396 g/mol. The van der Waals surface area contributed by atoms with E-state index in [2.05, 4.69) is 10.5 Å². The number of aromatic hydroxyl groups is 1. The first kappa shape index (κ1) is 21.8. The van der Waals surface area contributed by atoms with Crippen molar-refractivity contribution in [1.82, 2.24) is 5.43 Å². The largest absolute Gasteiger partial charge is 0.507 e. The monoisotopic (exact) mass is 420 g/mol. The Hall–Kier alpha value is -3.87. The fourth-order valence-electron chi connectivity index (χ4n) is 2.80. The van der Waals surface area contributed by atoms with Gasteiger partial charge >= 0.3 is 5.97 Å². The van der Waals surface area contributed by atoms with E-state index in [-0.39, 0.29) is 17.9 Å². The molecule has 3 aromatic carbocycles. The van der Waals surface area contributed by atoms with Crippen molar-refractivity contribution in [2.45, 2.75) is 26.4 Å². The third-order valence-corrected chi connectivity index (χ3v) is 4.15. The fraction of sp³-hybridized carbons (Fsp3) is 0.208. The average Bonchev–Trinajstić information content (AvgIpc) is 2.71. The van der Waals surface area contributed by atoms with E-state index in [1.807, 2.05) is 24.3 Å². The van der Waals surface area contributed by atoms with Gasteiger partial charge < -0.3 is 14.6 Å². The van der Waals surface area contributed by atoms with E-state index in [9.17, 15) is 14.7 Å². The number of carbonyl (C=O) groups excluding carboxylic acids is 2. The molecule has 160 valence electrons. The minimum Gasteiger partial charge on any atom is -0.507 e. The summed E-state index contributed by atoms with van der Waals surface area (Å²) in [6.45, 7) is 5.19. The second-order valence-electron chi connectivity index (χ2n) is 7.86. The van der Waals surface area contributed by atoms with Crippen LogP contribution in [-0.4, -0.2) is 35.4 Å². The Balaban J connectivity index is 1.56. The lowest BCUT2D eigenvalue weighted by Gasteiger charge is -2.19. The van der Waals surface area contributed by atoms with E-state index in [0.717, 1.165) is 10.8 Å². The number of hydrogen-bond acceptors (Lipinski definition) is 6. The van der Waals surface area contributed by atoms with E-state index in [0.29, 0.717) is 11.3 Å². The number of benzene rings is 3. The molecule has 2 N–H and O–H groups in total. The number of esters is 1. The zero-order chi connectivity index (χ0) is 22.4. The van der Waals surface area contributed by atoms with Crippen LogP contribution in [0.3, 0.4) is 0 Å². The summed E-state index contributed by atoms with van der Waals surface area (Å²) in [4.78, 5) is 24.0. The van der Waals surface area contributed by atoms with Gasteiger partial charge in [0.2, 0.25) is 0 Å². The van der Waals surface area contributed by atoms with Gasteiger partial charge in [0.05, 0.1) is 11.8 Å². The number of phenolic OH excluding ortho intramolecular Hbond substituents is 1. The summed E-state index contributed by atoms with van der Waals surface area (Å²) in [5, 5.41) is 15.7. The van der Waals surface area contributed by atoms with Crippen molar-refractivity contribution >= 4 is 28.9 Å². The lowest BCUT2D eigenvalue weighted by Crippen LogP contribution is -2.27. The summed E-state index contributed by atoms with van der Waals surface area (Å²) >= 11 is 0. The molecule has 0 unspecified atom stereocenters. The molecule has 0 spiro atoms. The smallest absolute Gasteiger partial charge is 0.344 e. The summed E-state index contributed by atoms with van der Waals surface area (Å²) < 4.78 is 10.6. The average molecular weight is 420 g/mol. The summed E-state index contributed by atoms with van der Waals surface area (Å²) in [6.07, 6.45) is 1.47. The highest BCUT2D eigenvalue weighted by Crippen LogP contribution is 2.24. The predicted octanol–water partition coefficient (Wildman–Crippen LogP) is 4.03. The van der Waals surface area contributed by atoms with Crippen LogP contribution in [0.1, 0.15) is 36.7 Å². The van der Waals surface area contributed by atoms with Crippen LogP contribution in [0.15, 0.2) is 65.8 Å². The Kier molecular flexibility index (Phi) is 6.55. The zero-order valence-corrected chi connectivity index (χ0v) is 17.6. The predicted molar refractivity (Wildman–Crippen MR) is 118 cm³/mol. The van der Waals surface area contributed by atoms with Gasteiger partial charge in [0.15, 0.2) is 6.61 Å². The molecule has 0 aliphatic rings. The molecule has 0 heterocycles. The first-order valence-electron chi connectivity index (χ1n) is 9.71. The van der Waals surface area contributed by atoms with E-state index < -0.39 is 17.5 Å². The Bertz CT molecular complexity index is 1120. The highest BCUT2D eigenvalue weighted by Gasteiger charge is 2.16. The van der Waals surface area contributed by atoms with Crippen LogP contribution in [0.25, 0.3) is 10.8 Å². The Morgan fingerprint density at radius 1 is 1.03 bits per heavy atom. The van der Waals surface area contributed by atoms with Gasteiger partial charge in [-0.15, -0.1) is 0 Å². The molecular formula is C24H24N2O5. The molecule has 31 heavy (non-hydrogen) atoms. The molecule has 7 heteroatoms. The first-order valence-corrected chi connectivity index (χ1v) is 9.71. The highest BCUT2D eigenvalue weighted by atomic mass is 16.6. The second-order valence-corrected chi connectivity index (χ2v) is 7.86. The Morgan fingerprint density at radius 2 is 1.68 bits per heavy atom. The van der Waals surface area contributed by atoms with Crippen LogP contribution in [0, 0.1) is 0 Å². The first-order chi connectivity index (χ1) is 14.7. The molecule has 0 radical (unpaired) electrons. The van der Waals surface area contributed by atoms with Gasteiger partial charge in [0.1, 0.15) is 17.1 Å². The molecule has 7 nitrogen and oxygen atoms in total. The van der Waals surface area contributed by atoms with Crippen LogP contribution >= 0.6 is 0 Å². The minimum absolute atomic E-state index is 0.113. The van der Waals surface area contributed by atoms with Gasteiger partial charge in [0.25, 0.3) is 5.91 Å².